The number of hydrogen-bond donors (Lipinski definition) is 2. The van der Waals surface area contributed by atoms with Crippen molar-refractivity contribution in [2.75, 3.05) is 6.54 Å². The van der Waals surface area contributed by atoms with E-state index in [1.807, 2.05) is 0 Å². The van der Waals surface area contributed by atoms with E-state index in [4.69, 9.17) is 5.73 Å². The number of aryl methyl sites for hydroxylation is 1. The first-order valence-corrected chi connectivity index (χ1v) is 5.73. The third kappa shape index (κ3) is 2.36. The van der Waals surface area contributed by atoms with E-state index in [0.717, 1.165) is 25.3 Å². The first-order chi connectivity index (χ1) is 7.69. The van der Waals surface area contributed by atoms with Crippen LogP contribution >= 0.6 is 0 Å². The zero-order chi connectivity index (χ0) is 11.5. The summed E-state index contributed by atoms with van der Waals surface area (Å²) in [5.74, 6) is 0.923. The fourth-order valence-electron chi connectivity index (χ4n) is 1.96. The predicted molar refractivity (Wildman–Crippen MR) is 66.5 cm³/mol. The van der Waals surface area contributed by atoms with Crippen LogP contribution in [0.3, 0.4) is 0 Å². The van der Waals surface area contributed by atoms with E-state index in [-0.39, 0.29) is 6.17 Å². The van der Waals surface area contributed by atoms with Crippen molar-refractivity contribution < 1.29 is 0 Å². The number of nitrogens with zero attached hydrogens (tertiary/aromatic N) is 1. The van der Waals surface area contributed by atoms with Crippen LogP contribution in [0.5, 0.6) is 0 Å². The maximum Gasteiger partial charge on any atom is 0.0955 e. The molecule has 1 unspecified atom stereocenters. The van der Waals surface area contributed by atoms with Crippen LogP contribution in [-0.4, -0.2) is 17.6 Å². The molecule has 16 heavy (non-hydrogen) atoms. The van der Waals surface area contributed by atoms with Gasteiger partial charge in [0.15, 0.2) is 0 Å². The van der Waals surface area contributed by atoms with Crippen LogP contribution < -0.4 is 11.1 Å². The van der Waals surface area contributed by atoms with Crippen molar-refractivity contribution in [2.24, 2.45) is 5.73 Å². The molecule has 1 aromatic rings. The number of nitrogens with one attached hydrogen (secondary N) is 1. The van der Waals surface area contributed by atoms with E-state index in [1.165, 1.54) is 11.1 Å². The van der Waals surface area contributed by atoms with Crippen LogP contribution in [0.1, 0.15) is 18.1 Å². The molecule has 3 N–H and O–H groups in total. The molecule has 3 nitrogen and oxygen atoms in total. The maximum absolute atomic E-state index is 5.80. The van der Waals surface area contributed by atoms with Gasteiger partial charge in [-0.3, -0.25) is 0 Å². The first-order valence-electron chi connectivity index (χ1n) is 5.73. The molecule has 2 rings (SSSR count). The van der Waals surface area contributed by atoms with Crippen molar-refractivity contribution in [3.05, 3.63) is 47.8 Å². The van der Waals surface area contributed by atoms with E-state index in [9.17, 15) is 0 Å². The normalized spacial score (nSPS) is 20.0. The van der Waals surface area contributed by atoms with Crippen molar-refractivity contribution >= 4 is 0 Å². The minimum absolute atomic E-state index is 0.0161. The fourth-order valence-corrected chi connectivity index (χ4v) is 1.96. The van der Waals surface area contributed by atoms with Crippen LogP contribution in [0.2, 0.25) is 0 Å². The van der Waals surface area contributed by atoms with Gasteiger partial charge in [0, 0.05) is 6.54 Å². The molecule has 1 heterocycles. The minimum atomic E-state index is 0.0161. The van der Waals surface area contributed by atoms with Crippen LogP contribution in [0.15, 0.2) is 36.7 Å². The lowest BCUT2D eigenvalue weighted by Gasteiger charge is -2.17. The van der Waals surface area contributed by atoms with Crippen molar-refractivity contribution in [1.29, 1.82) is 0 Å². The second-order valence-corrected chi connectivity index (χ2v) is 4.25. The van der Waals surface area contributed by atoms with Gasteiger partial charge in [0.1, 0.15) is 0 Å². The van der Waals surface area contributed by atoms with Crippen molar-refractivity contribution in [3.63, 3.8) is 0 Å². The summed E-state index contributed by atoms with van der Waals surface area (Å²) in [5, 5.41) is 3.12. The summed E-state index contributed by atoms with van der Waals surface area (Å²) < 4.78 is 0. The minimum Gasteiger partial charge on any atom is -0.355 e. The molecule has 0 spiro atoms. The Morgan fingerprint density at radius 3 is 2.50 bits per heavy atom. The number of hydrogen-bond acceptors (Lipinski definition) is 3. The van der Waals surface area contributed by atoms with Gasteiger partial charge < -0.3 is 16.0 Å². The van der Waals surface area contributed by atoms with Gasteiger partial charge in [-0.05, 0) is 17.5 Å². The highest BCUT2D eigenvalue weighted by Gasteiger charge is 2.20. The van der Waals surface area contributed by atoms with Crippen LogP contribution in [0, 0.1) is 0 Å². The number of benzene rings is 1. The van der Waals surface area contributed by atoms with Crippen molar-refractivity contribution in [2.45, 2.75) is 26.1 Å². The smallest absolute Gasteiger partial charge is 0.0955 e. The molecule has 1 fully saturated rings. The topological polar surface area (TPSA) is 41.3 Å². The zero-order valence-electron chi connectivity index (χ0n) is 9.74. The molecular weight excluding hydrogens is 198 g/mol. The van der Waals surface area contributed by atoms with E-state index in [2.05, 4.69) is 48.0 Å². The van der Waals surface area contributed by atoms with Gasteiger partial charge >= 0.3 is 0 Å². The molecule has 1 aromatic carbocycles. The van der Waals surface area contributed by atoms with E-state index < -0.39 is 0 Å². The summed E-state index contributed by atoms with van der Waals surface area (Å²) in [6.45, 7) is 7.82. The van der Waals surface area contributed by atoms with E-state index >= 15 is 0 Å². The highest BCUT2D eigenvalue weighted by atomic mass is 15.3. The quantitative estimate of drug-likeness (QED) is 0.804. The van der Waals surface area contributed by atoms with Gasteiger partial charge in [0.25, 0.3) is 0 Å². The lowest BCUT2D eigenvalue weighted by Crippen LogP contribution is -2.32. The molecule has 1 aliphatic heterocycles. The summed E-state index contributed by atoms with van der Waals surface area (Å²) >= 11 is 0. The van der Waals surface area contributed by atoms with Crippen LogP contribution in [0.25, 0.3) is 0 Å². The average molecular weight is 217 g/mol. The maximum atomic E-state index is 5.80. The van der Waals surface area contributed by atoms with Crippen LogP contribution in [-0.2, 0) is 13.0 Å². The molecule has 0 aliphatic carbocycles. The Labute approximate surface area is 96.9 Å². The van der Waals surface area contributed by atoms with E-state index in [0.29, 0.717) is 0 Å². The van der Waals surface area contributed by atoms with Gasteiger partial charge in [0.2, 0.25) is 0 Å². The summed E-state index contributed by atoms with van der Waals surface area (Å²) in [6.07, 6.45) is 1.10. The third-order valence-corrected chi connectivity index (χ3v) is 2.96. The molecule has 1 aliphatic rings. The van der Waals surface area contributed by atoms with Gasteiger partial charge in [-0.15, -0.1) is 0 Å². The second kappa shape index (κ2) is 4.58. The standard InChI is InChI=1S/C13H19N3/c1-3-11-4-6-12(7-5-11)8-16-9-13(14)15-10(16)2/h4-7,13,15H,2-3,8-9,14H2,1H3. The monoisotopic (exact) mass is 217 g/mol. The second-order valence-electron chi connectivity index (χ2n) is 4.25. The van der Waals surface area contributed by atoms with Gasteiger partial charge in [-0.1, -0.05) is 37.8 Å². The molecule has 0 amide bonds. The number of rotatable bonds is 3. The molecule has 0 radical (unpaired) electrons. The SMILES string of the molecule is C=C1NC(N)CN1Cc1ccc(CC)cc1. The molecule has 86 valence electrons. The summed E-state index contributed by atoms with van der Waals surface area (Å²) in [6, 6.07) is 8.72. The molecule has 0 aromatic heterocycles. The lowest BCUT2D eigenvalue weighted by molar-refractivity contribution is 0.378. The Kier molecular flexibility index (Phi) is 3.15. The highest BCUT2D eigenvalue weighted by molar-refractivity contribution is 5.23. The summed E-state index contributed by atoms with van der Waals surface area (Å²) in [5.41, 5.74) is 8.48. The number of nitrogens with two attached hydrogens (primary N) is 1. The van der Waals surface area contributed by atoms with E-state index in [1.54, 1.807) is 0 Å². The Bertz CT molecular complexity index is 369. The molecule has 3 heteroatoms. The largest absolute Gasteiger partial charge is 0.355 e. The molecule has 1 saturated heterocycles. The Morgan fingerprint density at radius 1 is 1.38 bits per heavy atom. The van der Waals surface area contributed by atoms with Gasteiger partial charge in [-0.2, -0.15) is 0 Å². The summed E-state index contributed by atoms with van der Waals surface area (Å²) in [4.78, 5) is 2.17. The highest BCUT2D eigenvalue weighted by Crippen LogP contribution is 2.14. The molecular formula is C13H19N3. The van der Waals surface area contributed by atoms with Crippen molar-refractivity contribution in [3.8, 4) is 0 Å². The van der Waals surface area contributed by atoms with Crippen molar-refractivity contribution in [1.82, 2.24) is 10.2 Å². The Morgan fingerprint density at radius 2 is 2.00 bits per heavy atom. The summed E-state index contributed by atoms with van der Waals surface area (Å²) in [7, 11) is 0. The molecule has 0 bridgehead atoms. The third-order valence-electron chi connectivity index (χ3n) is 2.96. The van der Waals surface area contributed by atoms with Gasteiger partial charge in [-0.25, -0.2) is 0 Å². The Balaban J connectivity index is 2.01. The fraction of sp³-hybridized carbons (Fsp3) is 0.385. The Hall–Kier alpha value is -1.48. The zero-order valence-corrected chi connectivity index (χ0v) is 9.74. The lowest BCUT2D eigenvalue weighted by atomic mass is 10.1. The van der Waals surface area contributed by atoms with Crippen LogP contribution in [0.4, 0.5) is 0 Å². The average Bonchev–Trinajstić information content (AvgIpc) is 2.59. The van der Waals surface area contributed by atoms with Gasteiger partial charge in [0.05, 0.1) is 18.5 Å². The first kappa shape index (κ1) is 11.0. The predicted octanol–water partition coefficient (Wildman–Crippen LogP) is 1.41. The molecule has 0 saturated carbocycles. The molecule has 1 atom stereocenters.